The molecule has 0 aromatic carbocycles. The maximum atomic E-state index is 12.1. The molecule has 4 nitrogen and oxygen atoms in total. The second-order valence-electron chi connectivity index (χ2n) is 6.19. The van der Waals surface area contributed by atoms with Crippen LogP contribution in [0.15, 0.2) is 5.38 Å². The molecule has 1 aromatic rings. The van der Waals surface area contributed by atoms with Gasteiger partial charge in [0.2, 0.25) is 5.91 Å². The Labute approximate surface area is 124 Å². The van der Waals surface area contributed by atoms with Crippen LogP contribution in [0.25, 0.3) is 0 Å². The summed E-state index contributed by atoms with van der Waals surface area (Å²) in [6.45, 7) is 0. The van der Waals surface area contributed by atoms with Gasteiger partial charge in [0.25, 0.3) is 0 Å². The molecule has 20 heavy (non-hydrogen) atoms. The van der Waals surface area contributed by atoms with Crippen LogP contribution >= 0.6 is 11.3 Å². The summed E-state index contributed by atoms with van der Waals surface area (Å²) in [5.74, 6) is 1.18. The average Bonchev–Trinajstić information content (AvgIpc) is 3.20. The summed E-state index contributed by atoms with van der Waals surface area (Å²) in [6.07, 6.45) is 9.64. The van der Waals surface area contributed by atoms with Gasteiger partial charge in [-0.15, -0.1) is 11.3 Å². The van der Waals surface area contributed by atoms with E-state index in [1.807, 2.05) is 0 Å². The number of rotatable bonds is 5. The molecular formula is C15H23N3OS. The van der Waals surface area contributed by atoms with Gasteiger partial charge in [-0.25, -0.2) is 4.98 Å². The molecule has 1 aromatic heterocycles. The molecule has 0 saturated heterocycles. The summed E-state index contributed by atoms with van der Waals surface area (Å²) in [6, 6.07) is -0.397. The normalized spacial score (nSPS) is 21.6. The minimum atomic E-state index is -0.397. The molecule has 2 fully saturated rings. The highest BCUT2D eigenvalue weighted by atomic mass is 32.1. The molecule has 0 bridgehead atoms. The summed E-state index contributed by atoms with van der Waals surface area (Å²) in [7, 11) is 0. The van der Waals surface area contributed by atoms with Gasteiger partial charge >= 0.3 is 0 Å². The van der Waals surface area contributed by atoms with E-state index in [0.717, 1.165) is 12.1 Å². The van der Waals surface area contributed by atoms with Gasteiger partial charge in [-0.05, 0) is 25.2 Å². The molecular weight excluding hydrogens is 270 g/mol. The van der Waals surface area contributed by atoms with Crippen LogP contribution in [-0.4, -0.2) is 16.9 Å². The van der Waals surface area contributed by atoms with E-state index >= 15 is 0 Å². The first-order valence-corrected chi connectivity index (χ1v) is 8.62. The van der Waals surface area contributed by atoms with Crippen LogP contribution in [0, 0.1) is 5.92 Å². The van der Waals surface area contributed by atoms with E-state index in [0.29, 0.717) is 17.0 Å². The van der Waals surface area contributed by atoms with E-state index in [4.69, 9.17) is 5.73 Å². The maximum Gasteiger partial charge on any atom is 0.243 e. The topological polar surface area (TPSA) is 68.0 Å². The maximum absolute atomic E-state index is 12.1. The number of nitrogens with one attached hydrogen (secondary N) is 1. The van der Waals surface area contributed by atoms with Crippen LogP contribution in [0.5, 0.6) is 0 Å². The highest BCUT2D eigenvalue weighted by Crippen LogP contribution is 2.40. The average molecular weight is 293 g/mol. The van der Waals surface area contributed by atoms with Crippen molar-refractivity contribution in [2.45, 2.75) is 63.3 Å². The van der Waals surface area contributed by atoms with Crippen LogP contribution in [0.2, 0.25) is 0 Å². The zero-order chi connectivity index (χ0) is 13.9. The fourth-order valence-corrected chi connectivity index (χ4v) is 3.79. The molecule has 3 N–H and O–H groups in total. The predicted molar refractivity (Wildman–Crippen MR) is 81.9 cm³/mol. The van der Waals surface area contributed by atoms with Crippen molar-refractivity contribution in [3.8, 4) is 0 Å². The van der Waals surface area contributed by atoms with Gasteiger partial charge in [0, 0.05) is 11.3 Å². The summed E-state index contributed by atoms with van der Waals surface area (Å²) in [5.41, 5.74) is 7.17. The van der Waals surface area contributed by atoms with Gasteiger partial charge in [0.15, 0.2) is 5.13 Å². The largest absolute Gasteiger partial charge is 0.320 e. The van der Waals surface area contributed by atoms with E-state index < -0.39 is 6.04 Å². The lowest BCUT2D eigenvalue weighted by Crippen LogP contribution is -2.37. The lowest BCUT2D eigenvalue weighted by atomic mass is 9.85. The van der Waals surface area contributed by atoms with Crippen molar-refractivity contribution in [3.05, 3.63) is 11.1 Å². The second-order valence-corrected chi connectivity index (χ2v) is 7.05. The van der Waals surface area contributed by atoms with Crippen molar-refractivity contribution in [2.75, 3.05) is 5.32 Å². The summed E-state index contributed by atoms with van der Waals surface area (Å²) < 4.78 is 0. The highest BCUT2D eigenvalue weighted by molar-refractivity contribution is 7.13. The van der Waals surface area contributed by atoms with Gasteiger partial charge in [-0.2, -0.15) is 0 Å². The van der Waals surface area contributed by atoms with Crippen LogP contribution in [0.4, 0.5) is 5.13 Å². The number of amides is 1. The van der Waals surface area contributed by atoms with E-state index in [1.54, 1.807) is 0 Å². The molecule has 3 rings (SSSR count). The van der Waals surface area contributed by atoms with Gasteiger partial charge < -0.3 is 11.1 Å². The van der Waals surface area contributed by atoms with Crippen LogP contribution in [0.3, 0.4) is 0 Å². The van der Waals surface area contributed by atoms with Gasteiger partial charge in [-0.1, -0.05) is 32.1 Å². The fraction of sp³-hybridized carbons (Fsp3) is 0.733. The number of aromatic nitrogens is 1. The molecule has 110 valence electrons. The molecule has 1 amide bonds. The number of thiazole rings is 1. The van der Waals surface area contributed by atoms with Crippen LogP contribution in [-0.2, 0) is 4.79 Å². The summed E-state index contributed by atoms with van der Waals surface area (Å²) in [5, 5.41) is 5.64. The molecule has 0 radical (unpaired) electrons. The van der Waals surface area contributed by atoms with E-state index in [1.165, 1.54) is 56.3 Å². The summed E-state index contributed by atoms with van der Waals surface area (Å²) >= 11 is 1.51. The Kier molecular flexibility index (Phi) is 4.36. The standard InChI is InChI=1S/C15H23N3OS/c16-12(8-10-4-2-1-3-5-10)14(19)18-15-17-13(9-20-15)11-6-7-11/h9-12H,1-8,16H2,(H,17,18,19). The third-order valence-electron chi connectivity index (χ3n) is 4.40. The SMILES string of the molecule is NC(CC1CCCCC1)C(=O)Nc1nc(C2CC2)cs1. The molecule has 0 spiro atoms. The van der Waals surface area contributed by atoms with Crippen molar-refractivity contribution in [2.24, 2.45) is 11.7 Å². The van der Waals surface area contributed by atoms with Gasteiger partial charge in [0.1, 0.15) is 0 Å². The minimum absolute atomic E-state index is 0.0766. The molecule has 2 aliphatic rings. The Hall–Kier alpha value is -0.940. The second kappa shape index (κ2) is 6.22. The Balaban J connectivity index is 1.49. The highest BCUT2D eigenvalue weighted by Gasteiger charge is 2.27. The zero-order valence-electron chi connectivity index (χ0n) is 11.8. The Morgan fingerprint density at radius 2 is 2.10 bits per heavy atom. The molecule has 1 unspecified atom stereocenters. The third-order valence-corrected chi connectivity index (χ3v) is 5.17. The van der Waals surface area contributed by atoms with Crippen molar-refractivity contribution in [1.82, 2.24) is 4.98 Å². The smallest absolute Gasteiger partial charge is 0.243 e. The van der Waals surface area contributed by atoms with Gasteiger partial charge in [-0.3, -0.25) is 4.79 Å². The number of hydrogen-bond donors (Lipinski definition) is 2. The van der Waals surface area contributed by atoms with E-state index in [9.17, 15) is 4.79 Å². The number of nitrogens with zero attached hydrogens (tertiary/aromatic N) is 1. The number of carbonyl (C=O) groups is 1. The lowest BCUT2D eigenvalue weighted by Gasteiger charge is -2.23. The van der Waals surface area contributed by atoms with Gasteiger partial charge in [0.05, 0.1) is 11.7 Å². The predicted octanol–water partition coefficient (Wildman–Crippen LogP) is 3.26. The van der Waals surface area contributed by atoms with Crippen LogP contribution in [0.1, 0.15) is 63.0 Å². The molecule has 5 heteroatoms. The quantitative estimate of drug-likeness (QED) is 0.875. The molecule has 1 atom stereocenters. The van der Waals surface area contributed by atoms with Crippen molar-refractivity contribution in [3.63, 3.8) is 0 Å². The minimum Gasteiger partial charge on any atom is -0.320 e. The molecule has 2 aliphatic carbocycles. The zero-order valence-corrected chi connectivity index (χ0v) is 12.6. The fourth-order valence-electron chi connectivity index (χ4n) is 3.00. The van der Waals surface area contributed by atoms with Crippen LogP contribution < -0.4 is 11.1 Å². The number of nitrogens with two attached hydrogens (primary N) is 1. The van der Waals surface area contributed by atoms with E-state index in [-0.39, 0.29) is 5.91 Å². The lowest BCUT2D eigenvalue weighted by molar-refractivity contribution is -0.117. The number of carbonyl (C=O) groups excluding carboxylic acids is 1. The Bertz CT molecular complexity index is 463. The number of anilines is 1. The molecule has 2 saturated carbocycles. The molecule has 1 heterocycles. The first-order valence-electron chi connectivity index (χ1n) is 7.74. The monoisotopic (exact) mass is 293 g/mol. The molecule has 0 aliphatic heterocycles. The third kappa shape index (κ3) is 3.58. The van der Waals surface area contributed by atoms with Crippen molar-refractivity contribution >= 4 is 22.4 Å². The summed E-state index contributed by atoms with van der Waals surface area (Å²) in [4.78, 5) is 16.6. The Morgan fingerprint density at radius 1 is 1.35 bits per heavy atom. The first-order chi connectivity index (χ1) is 9.72. The van der Waals surface area contributed by atoms with Crippen molar-refractivity contribution in [1.29, 1.82) is 0 Å². The number of hydrogen-bond acceptors (Lipinski definition) is 4. The Morgan fingerprint density at radius 3 is 2.80 bits per heavy atom. The van der Waals surface area contributed by atoms with Crippen molar-refractivity contribution < 1.29 is 4.79 Å². The first kappa shape index (κ1) is 14.0. The van der Waals surface area contributed by atoms with E-state index in [2.05, 4.69) is 15.7 Å².